The molecular weight excluding hydrogens is 247 g/mol. The highest BCUT2D eigenvalue weighted by Gasteiger charge is 2.21. The minimum absolute atomic E-state index is 0.374. The van der Waals surface area contributed by atoms with Crippen molar-refractivity contribution in [3.8, 4) is 0 Å². The van der Waals surface area contributed by atoms with E-state index in [1.54, 1.807) is 19.7 Å². The molecule has 0 aromatic carbocycles. The lowest BCUT2D eigenvalue weighted by Gasteiger charge is -2.16. The van der Waals surface area contributed by atoms with Crippen LogP contribution in [0, 0.1) is 0 Å². The molecular formula is C11H18ClO3P. The van der Waals surface area contributed by atoms with E-state index in [0.717, 1.165) is 29.9 Å². The van der Waals surface area contributed by atoms with Crippen molar-refractivity contribution in [3.05, 3.63) is 22.5 Å². The molecule has 0 fully saturated rings. The summed E-state index contributed by atoms with van der Waals surface area (Å²) in [5, 5.41) is 0.803. The Hall–Kier alpha value is -0.0800. The van der Waals surface area contributed by atoms with E-state index < -0.39 is 7.60 Å². The van der Waals surface area contributed by atoms with E-state index in [1.165, 1.54) is 0 Å². The number of halogens is 1. The topological polar surface area (TPSA) is 35.5 Å². The van der Waals surface area contributed by atoms with Crippen LogP contribution in [0.5, 0.6) is 0 Å². The highest BCUT2D eigenvalue weighted by atomic mass is 35.5. The average Bonchev–Trinajstić information content (AvgIpc) is 2.17. The number of allylic oxidation sites excluding steroid dienone is 3. The molecule has 5 heteroatoms. The van der Waals surface area contributed by atoms with Crippen molar-refractivity contribution in [2.24, 2.45) is 0 Å². The Bertz CT molecular complexity index is 326. The van der Waals surface area contributed by atoms with Gasteiger partial charge in [-0.1, -0.05) is 11.6 Å². The van der Waals surface area contributed by atoms with Gasteiger partial charge < -0.3 is 9.05 Å². The minimum Gasteiger partial charge on any atom is -0.306 e. The predicted molar refractivity (Wildman–Crippen MR) is 66.7 cm³/mol. The third kappa shape index (κ3) is 4.42. The van der Waals surface area contributed by atoms with Crippen LogP contribution < -0.4 is 0 Å². The lowest BCUT2D eigenvalue weighted by atomic mass is 10.0. The van der Waals surface area contributed by atoms with Gasteiger partial charge in [0.2, 0.25) is 0 Å². The highest BCUT2D eigenvalue weighted by molar-refractivity contribution is 7.57. The van der Waals surface area contributed by atoms with Crippen LogP contribution in [0.1, 0.15) is 33.1 Å². The van der Waals surface area contributed by atoms with Crippen molar-refractivity contribution < 1.29 is 13.6 Å². The fraction of sp³-hybridized carbons (Fsp3) is 0.636. The largest absolute Gasteiger partial charge is 0.354 e. The second kappa shape index (κ2) is 6.61. The Balaban J connectivity index is 2.84. The van der Waals surface area contributed by atoms with Gasteiger partial charge in [-0.05, 0) is 44.8 Å². The van der Waals surface area contributed by atoms with Crippen LogP contribution in [0.2, 0.25) is 0 Å². The van der Waals surface area contributed by atoms with Crippen LogP contribution in [-0.4, -0.2) is 13.2 Å². The van der Waals surface area contributed by atoms with Crippen molar-refractivity contribution in [2.45, 2.75) is 33.1 Å². The third-order valence-electron chi connectivity index (χ3n) is 2.17. The van der Waals surface area contributed by atoms with Crippen LogP contribution in [-0.2, 0) is 13.6 Å². The molecule has 0 radical (unpaired) electrons. The van der Waals surface area contributed by atoms with Crippen LogP contribution in [0.4, 0.5) is 0 Å². The van der Waals surface area contributed by atoms with Gasteiger partial charge in [0, 0.05) is 10.8 Å². The zero-order valence-corrected chi connectivity index (χ0v) is 11.4. The van der Waals surface area contributed by atoms with E-state index in [0.29, 0.717) is 13.2 Å². The molecule has 1 rings (SSSR count). The summed E-state index contributed by atoms with van der Waals surface area (Å²) in [5.74, 6) is 1.60. The van der Waals surface area contributed by atoms with Crippen LogP contribution in [0.3, 0.4) is 0 Å². The van der Waals surface area contributed by atoms with Crippen LogP contribution in [0.25, 0.3) is 0 Å². The summed E-state index contributed by atoms with van der Waals surface area (Å²) in [5.41, 5.74) is 0.946. The van der Waals surface area contributed by atoms with Gasteiger partial charge in [-0.15, -0.1) is 0 Å². The van der Waals surface area contributed by atoms with Gasteiger partial charge in [-0.25, -0.2) is 0 Å². The molecule has 1 aliphatic carbocycles. The fourth-order valence-electron chi connectivity index (χ4n) is 1.58. The quantitative estimate of drug-likeness (QED) is 0.689. The Morgan fingerprint density at radius 2 is 2.00 bits per heavy atom. The fourth-order valence-corrected chi connectivity index (χ4v) is 3.41. The summed E-state index contributed by atoms with van der Waals surface area (Å²) in [6.07, 6.45) is 4.61. The van der Waals surface area contributed by atoms with E-state index in [4.69, 9.17) is 20.6 Å². The van der Waals surface area contributed by atoms with Gasteiger partial charge in [0.25, 0.3) is 0 Å². The van der Waals surface area contributed by atoms with Gasteiger partial charge in [-0.3, -0.25) is 4.57 Å². The Kier molecular flexibility index (Phi) is 5.77. The summed E-state index contributed by atoms with van der Waals surface area (Å²) in [7, 11) is -3.08. The average molecular weight is 265 g/mol. The molecule has 0 saturated heterocycles. The maximum Gasteiger partial charge on any atom is 0.354 e. The molecule has 3 nitrogen and oxygen atoms in total. The smallest absolute Gasteiger partial charge is 0.306 e. The number of rotatable bonds is 5. The first kappa shape index (κ1) is 14.0. The molecule has 16 heavy (non-hydrogen) atoms. The molecule has 0 unspecified atom stereocenters. The molecule has 0 spiro atoms. The number of hydrogen-bond acceptors (Lipinski definition) is 3. The maximum atomic E-state index is 12.2. The van der Waals surface area contributed by atoms with E-state index in [-0.39, 0.29) is 0 Å². The first-order chi connectivity index (χ1) is 7.59. The van der Waals surface area contributed by atoms with E-state index in [1.807, 2.05) is 6.08 Å². The summed E-state index contributed by atoms with van der Waals surface area (Å²) in [6, 6.07) is 0. The van der Waals surface area contributed by atoms with Gasteiger partial charge >= 0.3 is 7.60 Å². The van der Waals surface area contributed by atoms with E-state index >= 15 is 0 Å². The zero-order valence-electron chi connectivity index (χ0n) is 9.74. The molecule has 0 bridgehead atoms. The Labute approximate surface area is 102 Å². The van der Waals surface area contributed by atoms with Crippen molar-refractivity contribution in [1.82, 2.24) is 0 Å². The molecule has 0 aliphatic heterocycles. The molecule has 0 aromatic heterocycles. The first-order valence-corrected chi connectivity index (χ1v) is 7.55. The SMILES string of the molecule is CCOP(=O)(/C=C1\C=C(Cl)CCC1)OCC. The van der Waals surface area contributed by atoms with Crippen LogP contribution in [0.15, 0.2) is 22.5 Å². The predicted octanol–water partition coefficient (Wildman–Crippen LogP) is 4.44. The number of hydrogen-bond donors (Lipinski definition) is 0. The molecule has 0 atom stereocenters. The molecule has 0 N–H and O–H groups in total. The lowest BCUT2D eigenvalue weighted by molar-refractivity contribution is 0.228. The molecule has 0 amide bonds. The Morgan fingerprint density at radius 1 is 1.38 bits per heavy atom. The molecule has 1 aliphatic rings. The molecule has 92 valence electrons. The monoisotopic (exact) mass is 264 g/mol. The van der Waals surface area contributed by atoms with Crippen molar-refractivity contribution in [1.29, 1.82) is 0 Å². The van der Waals surface area contributed by atoms with Gasteiger partial charge in [0.05, 0.1) is 13.2 Å². The second-order valence-electron chi connectivity index (χ2n) is 3.52. The van der Waals surface area contributed by atoms with Crippen molar-refractivity contribution in [3.63, 3.8) is 0 Å². The molecule has 0 saturated carbocycles. The minimum atomic E-state index is -3.08. The summed E-state index contributed by atoms with van der Waals surface area (Å²) >= 11 is 5.94. The molecule has 0 aromatic rings. The van der Waals surface area contributed by atoms with Crippen molar-refractivity contribution >= 4 is 19.2 Å². The van der Waals surface area contributed by atoms with E-state index in [2.05, 4.69) is 0 Å². The van der Waals surface area contributed by atoms with Crippen LogP contribution >= 0.6 is 19.2 Å². The van der Waals surface area contributed by atoms with Gasteiger partial charge in [-0.2, -0.15) is 0 Å². The van der Waals surface area contributed by atoms with E-state index in [9.17, 15) is 4.57 Å². The van der Waals surface area contributed by atoms with Gasteiger partial charge in [0.1, 0.15) is 0 Å². The zero-order chi connectivity index (χ0) is 12.0. The standard InChI is InChI=1S/C11H18ClO3P/c1-3-14-16(13,15-4-2)9-10-6-5-7-11(12)8-10/h8-9H,3-7H2,1-2H3/b10-9-. The third-order valence-corrected chi connectivity index (χ3v) is 4.35. The summed E-state index contributed by atoms with van der Waals surface area (Å²) < 4.78 is 22.6. The van der Waals surface area contributed by atoms with Crippen molar-refractivity contribution in [2.75, 3.05) is 13.2 Å². The molecule has 0 heterocycles. The maximum absolute atomic E-state index is 12.2. The van der Waals surface area contributed by atoms with Gasteiger partial charge in [0.15, 0.2) is 0 Å². The second-order valence-corrected chi connectivity index (χ2v) is 5.86. The normalized spacial score (nSPS) is 19.9. The first-order valence-electron chi connectivity index (χ1n) is 5.56. The highest BCUT2D eigenvalue weighted by Crippen LogP contribution is 2.51. The summed E-state index contributed by atoms with van der Waals surface area (Å²) in [6.45, 7) is 4.35. The lowest BCUT2D eigenvalue weighted by Crippen LogP contribution is -1.96. The Morgan fingerprint density at radius 3 is 2.50 bits per heavy atom. The summed E-state index contributed by atoms with van der Waals surface area (Å²) in [4.78, 5) is 0.